The Bertz CT molecular complexity index is 486. The third-order valence-electron chi connectivity index (χ3n) is 2.22. The summed E-state index contributed by atoms with van der Waals surface area (Å²) in [6.07, 6.45) is -0.623. The van der Waals surface area contributed by atoms with Crippen LogP contribution in [0, 0.1) is 11.3 Å². The summed E-state index contributed by atoms with van der Waals surface area (Å²) < 4.78 is 10.2. The summed E-state index contributed by atoms with van der Waals surface area (Å²) in [5, 5.41) is 11.6. The number of methoxy groups -OCH3 is 1. The molecule has 1 aromatic rings. The second-order valence-corrected chi connectivity index (χ2v) is 4.98. The number of benzene rings is 1. The van der Waals surface area contributed by atoms with Crippen molar-refractivity contribution in [3.8, 4) is 11.8 Å². The third-order valence-corrected chi connectivity index (χ3v) is 2.22. The monoisotopic (exact) mass is 262 g/mol. The van der Waals surface area contributed by atoms with Crippen LogP contribution < -0.4 is 10.1 Å². The highest BCUT2D eigenvalue weighted by Crippen LogP contribution is 2.19. The fraction of sp³-hybridized carbons (Fsp3) is 0.429. The molecule has 1 aromatic carbocycles. The van der Waals surface area contributed by atoms with Gasteiger partial charge in [-0.25, -0.2) is 4.79 Å². The second-order valence-electron chi connectivity index (χ2n) is 4.98. The van der Waals surface area contributed by atoms with Crippen LogP contribution in [0.1, 0.15) is 32.4 Å². The Morgan fingerprint density at radius 2 is 2.11 bits per heavy atom. The van der Waals surface area contributed by atoms with Crippen LogP contribution >= 0.6 is 0 Å². The van der Waals surface area contributed by atoms with Gasteiger partial charge in [0.15, 0.2) is 0 Å². The van der Waals surface area contributed by atoms with Crippen molar-refractivity contribution in [1.29, 1.82) is 5.26 Å². The fourth-order valence-corrected chi connectivity index (χ4v) is 1.44. The van der Waals surface area contributed by atoms with Gasteiger partial charge < -0.3 is 14.8 Å². The van der Waals surface area contributed by atoms with Gasteiger partial charge in [-0.1, -0.05) is 12.1 Å². The predicted octanol–water partition coefficient (Wildman–Crippen LogP) is 2.78. The van der Waals surface area contributed by atoms with Crippen molar-refractivity contribution >= 4 is 6.09 Å². The van der Waals surface area contributed by atoms with Crippen molar-refractivity contribution in [2.75, 3.05) is 7.11 Å². The molecule has 5 heteroatoms. The number of nitrogens with zero attached hydrogens (tertiary/aromatic N) is 1. The highest BCUT2D eigenvalue weighted by atomic mass is 16.6. The summed E-state index contributed by atoms with van der Waals surface area (Å²) in [6.45, 7) is 5.29. The minimum atomic E-state index is -0.773. The first-order valence-electron chi connectivity index (χ1n) is 5.89. The summed E-state index contributed by atoms with van der Waals surface area (Å²) in [6, 6.07) is 8.22. The van der Waals surface area contributed by atoms with Gasteiger partial charge in [0.1, 0.15) is 17.4 Å². The molecule has 1 rings (SSSR count). The Morgan fingerprint density at radius 1 is 1.42 bits per heavy atom. The van der Waals surface area contributed by atoms with Crippen LogP contribution in [0.25, 0.3) is 0 Å². The molecule has 0 aliphatic rings. The van der Waals surface area contributed by atoms with Crippen LogP contribution in [-0.2, 0) is 4.74 Å². The highest BCUT2D eigenvalue weighted by Gasteiger charge is 2.20. The molecule has 0 radical (unpaired) electrons. The maximum absolute atomic E-state index is 11.6. The van der Waals surface area contributed by atoms with E-state index in [1.807, 2.05) is 6.07 Å². The van der Waals surface area contributed by atoms with Gasteiger partial charge in [-0.2, -0.15) is 5.26 Å². The molecular weight excluding hydrogens is 244 g/mol. The van der Waals surface area contributed by atoms with Crippen molar-refractivity contribution in [1.82, 2.24) is 5.32 Å². The highest BCUT2D eigenvalue weighted by molar-refractivity contribution is 5.69. The van der Waals surface area contributed by atoms with Gasteiger partial charge in [0.2, 0.25) is 0 Å². The van der Waals surface area contributed by atoms with Crippen molar-refractivity contribution in [3.63, 3.8) is 0 Å². The molecule has 0 heterocycles. The van der Waals surface area contributed by atoms with E-state index in [9.17, 15) is 4.79 Å². The number of carbonyl (C=O) groups excluding carboxylic acids is 1. The number of nitrogens with one attached hydrogen (secondary N) is 1. The summed E-state index contributed by atoms with van der Waals surface area (Å²) in [4.78, 5) is 11.6. The molecule has 1 amide bonds. The molecule has 0 saturated heterocycles. The SMILES string of the molecule is COc1cccc([C@@H](C#N)NC(=O)OC(C)(C)C)c1. The van der Waals surface area contributed by atoms with Crippen LogP contribution in [0.4, 0.5) is 4.79 Å². The Hall–Kier alpha value is -2.22. The zero-order chi connectivity index (χ0) is 14.5. The molecule has 0 aliphatic carbocycles. The molecule has 0 bridgehead atoms. The molecule has 0 fully saturated rings. The summed E-state index contributed by atoms with van der Waals surface area (Å²) in [5.41, 5.74) is 0.0473. The van der Waals surface area contributed by atoms with Gasteiger partial charge >= 0.3 is 6.09 Å². The standard InChI is InChI=1S/C14H18N2O3/c1-14(2,3)19-13(17)16-12(9-15)10-6-5-7-11(8-10)18-4/h5-8,12H,1-4H3,(H,16,17)/t12-/m1/s1. The van der Waals surface area contributed by atoms with Gasteiger partial charge in [-0.3, -0.25) is 0 Å². The molecule has 0 unspecified atom stereocenters. The molecule has 0 aliphatic heterocycles. The van der Waals surface area contributed by atoms with Crippen molar-refractivity contribution in [3.05, 3.63) is 29.8 Å². The molecule has 0 spiro atoms. The zero-order valence-electron chi connectivity index (χ0n) is 11.6. The summed E-state index contributed by atoms with van der Waals surface area (Å²) in [5.74, 6) is 0.628. The number of hydrogen-bond donors (Lipinski definition) is 1. The van der Waals surface area contributed by atoms with Gasteiger partial charge in [0.25, 0.3) is 0 Å². The third kappa shape index (κ3) is 4.88. The average Bonchev–Trinajstić information content (AvgIpc) is 2.34. The van der Waals surface area contributed by atoms with Crippen molar-refractivity contribution < 1.29 is 14.3 Å². The van der Waals surface area contributed by atoms with E-state index in [2.05, 4.69) is 5.32 Å². The summed E-state index contributed by atoms with van der Waals surface area (Å²) in [7, 11) is 1.54. The van der Waals surface area contributed by atoms with Crippen LogP contribution in [0.2, 0.25) is 0 Å². The zero-order valence-corrected chi connectivity index (χ0v) is 11.6. The number of ether oxygens (including phenoxy) is 2. The first kappa shape index (κ1) is 14.8. The molecule has 1 atom stereocenters. The first-order chi connectivity index (χ1) is 8.85. The van der Waals surface area contributed by atoms with E-state index in [-0.39, 0.29) is 0 Å². The average molecular weight is 262 g/mol. The Labute approximate surface area is 113 Å². The van der Waals surface area contributed by atoms with Crippen LogP contribution in [-0.4, -0.2) is 18.8 Å². The molecular formula is C14H18N2O3. The van der Waals surface area contributed by atoms with Crippen molar-refractivity contribution in [2.45, 2.75) is 32.4 Å². The smallest absolute Gasteiger partial charge is 0.408 e. The van der Waals surface area contributed by atoms with Gasteiger partial charge in [-0.05, 0) is 38.5 Å². The maximum Gasteiger partial charge on any atom is 0.408 e. The predicted molar refractivity (Wildman–Crippen MR) is 70.7 cm³/mol. The number of hydrogen-bond acceptors (Lipinski definition) is 4. The van der Waals surface area contributed by atoms with E-state index in [0.29, 0.717) is 11.3 Å². The largest absolute Gasteiger partial charge is 0.497 e. The second kappa shape index (κ2) is 6.10. The van der Waals surface area contributed by atoms with Gasteiger partial charge in [-0.15, -0.1) is 0 Å². The molecule has 1 N–H and O–H groups in total. The molecule has 0 aromatic heterocycles. The van der Waals surface area contributed by atoms with E-state index in [4.69, 9.17) is 14.7 Å². The van der Waals surface area contributed by atoms with E-state index in [1.54, 1.807) is 52.1 Å². The minimum absolute atomic E-state index is 0.599. The maximum atomic E-state index is 11.6. The topological polar surface area (TPSA) is 71.3 Å². The van der Waals surface area contributed by atoms with E-state index < -0.39 is 17.7 Å². The Morgan fingerprint density at radius 3 is 2.63 bits per heavy atom. The molecule has 0 saturated carbocycles. The quantitative estimate of drug-likeness (QED) is 0.909. The molecule has 19 heavy (non-hydrogen) atoms. The van der Waals surface area contributed by atoms with Crippen LogP contribution in [0.3, 0.4) is 0 Å². The van der Waals surface area contributed by atoms with Crippen LogP contribution in [0.15, 0.2) is 24.3 Å². The van der Waals surface area contributed by atoms with E-state index >= 15 is 0 Å². The van der Waals surface area contributed by atoms with E-state index in [0.717, 1.165) is 0 Å². The Kier molecular flexibility index (Phi) is 4.76. The van der Waals surface area contributed by atoms with Crippen molar-refractivity contribution in [2.24, 2.45) is 0 Å². The lowest BCUT2D eigenvalue weighted by Gasteiger charge is -2.21. The first-order valence-corrected chi connectivity index (χ1v) is 5.89. The number of carbonyl (C=O) groups is 1. The minimum Gasteiger partial charge on any atom is -0.497 e. The lowest BCUT2D eigenvalue weighted by Crippen LogP contribution is -2.34. The number of rotatable bonds is 3. The Balaban J connectivity index is 2.79. The molecule has 5 nitrogen and oxygen atoms in total. The lowest BCUT2D eigenvalue weighted by atomic mass is 10.1. The summed E-state index contributed by atoms with van der Waals surface area (Å²) >= 11 is 0. The fourth-order valence-electron chi connectivity index (χ4n) is 1.44. The lowest BCUT2D eigenvalue weighted by molar-refractivity contribution is 0.0515. The van der Waals surface area contributed by atoms with Gasteiger partial charge in [0, 0.05) is 0 Å². The number of alkyl carbamates (subject to hydrolysis) is 1. The number of amides is 1. The van der Waals surface area contributed by atoms with Gasteiger partial charge in [0.05, 0.1) is 13.2 Å². The van der Waals surface area contributed by atoms with E-state index in [1.165, 1.54) is 0 Å². The normalized spacial score (nSPS) is 12.2. The molecule has 102 valence electrons. The number of nitriles is 1. The van der Waals surface area contributed by atoms with Crippen LogP contribution in [0.5, 0.6) is 5.75 Å².